The number of furan rings is 1. The fourth-order valence-corrected chi connectivity index (χ4v) is 3.81. The van der Waals surface area contributed by atoms with Gasteiger partial charge in [-0.3, -0.25) is 4.68 Å². The van der Waals surface area contributed by atoms with E-state index in [2.05, 4.69) is 54.7 Å². The van der Waals surface area contributed by atoms with Crippen molar-refractivity contribution < 1.29 is 4.42 Å². The van der Waals surface area contributed by atoms with Gasteiger partial charge in [-0.15, -0.1) is 0 Å². The number of hydrogen-bond donors (Lipinski definition) is 0. The minimum absolute atomic E-state index is 0.282. The van der Waals surface area contributed by atoms with Gasteiger partial charge in [0.25, 0.3) is 0 Å². The van der Waals surface area contributed by atoms with Crippen LogP contribution in [0.15, 0.2) is 59.5 Å². The average molecular weight is 374 g/mol. The van der Waals surface area contributed by atoms with Crippen LogP contribution in [0.2, 0.25) is 0 Å². The molecule has 1 atom stereocenters. The van der Waals surface area contributed by atoms with E-state index >= 15 is 0 Å². The highest BCUT2D eigenvalue weighted by Crippen LogP contribution is 2.37. The minimum Gasteiger partial charge on any atom is -0.469 e. The molecule has 3 heterocycles. The molecule has 3 aromatic heterocycles. The maximum atomic E-state index is 5.51. The van der Waals surface area contributed by atoms with Crippen molar-refractivity contribution in [3.63, 3.8) is 0 Å². The van der Waals surface area contributed by atoms with Gasteiger partial charge in [-0.2, -0.15) is 5.10 Å². The van der Waals surface area contributed by atoms with Crippen LogP contribution in [0.25, 0.3) is 22.5 Å². The Morgan fingerprint density at radius 1 is 1.07 bits per heavy atom. The van der Waals surface area contributed by atoms with Crippen molar-refractivity contribution >= 4 is 0 Å². The maximum absolute atomic E-state index is 5.51. The zero-order chi connectivity index (χ0) is 19.7. The van der Waals surface area contributed by atoms with Crippen molar-refractivity contribution in [2.45, 2.75) is 39.7 Å². The summed E-state index contributed by atoms with van der Waals surface area (Å²) in [6.45, 7) is 6.43. The van der Waals surface area contributed by atoms with Gasteiger partial charge in [-0.05, 0) is 39.3 Å². The molecule has 0 fully saturated rings. The molecule has 0 unspecified atom stereocenters. The second-order valence-corrected chi connectivity index (χ2v) is 7.35. The van der Waals surface area contributed by atoms with Gasteiger partial charge in [0.1, 0.15) is 5.76 Å². The molecule has 1 aromatic carbocycles. The van der Waals surface area contributed by atoms with Crippen molar-refractivity contribution in [2.75, 3.05) is 0 Å². The lowest BCUT2D eigenvalue weighted by atomic mass is 10.0. The van der Waals surface area contributed by atoms with Gasteiger partial charge >= 0.3 is 0 Å². The first kappa shape index (κ1) is 18.3. The van der Waals surface area contributed by atoms with E-state index in [0.717, 1.165) is 46.9 Å². The summed E-state index contributed by atoms with van der Waals surface area (Å²) in [6.07, 6.45) is 5.58. The maximum Gasteiger partial charge on any atom is 0.103 e. The van der Waals surface area contributed by atoms with E-state index in [1.54, 1.807) is 6.26 Å². The normalized spacial score (nSPS) is 12.4. The Kier molecular flexibility index (Phi) is 4.90. The largest absolute Gasteiger partial charge is 0.469 e. The Labute approximate surface area is 165 Å². The highest BCUT2D eigenvalue weighted by atomic mass is 16.3. The lowest BCUT2D eigenvalue weighted by molar-refractivity contribution is 0.454. The zero-order valence-electron chi connectivity index (χ0n) is 16.9. The van der Waals surface area contributed by atoms with Gasteiger partial charge in [0.2, 0.25) is 0 Å². The van der Waals surface area contributed by atoms with Gasteiger partial charge in [0, 0.05) is 36.3 Å². The first-order valence-corrected chi connectivity index (χ1v) is 9.71. The molecule has 4 aromatic rings. The highest BCUT2D eigenvalue weighted by Gasteiger charge is 2.23. The fourth-order valence-electron chi connectivity index (χ4n) is 3.81. The topological polar surface area (TPSA) is 48.8 Å². The molecule has 0 saturated carbocycles. The van der Waals surface area contributed by atoms with E-state index < -0.39 is 0 Å². The standard InChI is InChI=1S/C23H26N4O/c1-16(12-13-20-11-8-14-28-20)27-15-24-22(19-9-6-5-7-10-19)23(27)21-17(2)25-26(4)18(21)3/h5-11,14-16H,12-13H2,1-4H3/t16-/m1/s1. The molecule has 5 nitrogen and oxygen atoms in total. The number of aromatic nitrogens is 4. The summed E-state index contributed by atoms with van der Waals surface area (Å²) in [7, 11) is 2.00. The summed E-state index contributed by atoms with van der Waals surface area (Å²) in [5.74, 6) is 1.02. The van der Waals surface area contributed by atoms with E-state index in [-0.39, 0.29) is 6.04 Å². The van der Waals surface area contributed by atoms with Gasteiger partial charge in [0.05, 0.1) is 29.7 Å². The van der Waals surface area contributed by atoms with Crippen LogP contribution in [-0.2, 0) is 13.5 Å². The van der Waals surface area contributed by atoms with Crippen molar-refractivity contribution in [2.24, 2.45) is 7.05 Å². The lowest BCUT2D eigenvalue weighted by Crippen LogP contribution is -2.08. The third kappa shape index (κ3) is 3.28. The molecule has 5 heteroatoms. The third-order valence-corrected chi connectivity index (χ3v) is 5.45. The summed E-state index contributed by atoms with van der Waals surface area (Å²) in [4.78, 5) is 4.82. The van der Waals surface area contributed by atoms with Crippen molar-refractivity contribution in [1.82, 2.24) is 19.3 Å². The first-order valence-electron chi connectivity index (χ1n) is 9.71. The fraction of sp³-hybridized carbons (Fsp3) is 0.304. The Balaban J connectivity index is 1.79. The van der Waals surface area contributed by atoms with Crippen LogP contribution >= 0.6 is 0 Å². The van der Waals surface area contributed by atoms with Crippen LogP contribution in [0.5, 0.6) is 0 Å². The van der Waals surface area contributed by atoms with Crippen LogP contribution in [0.4, 0.5) is 0 Å². The average Bonchev–Trinajstić information content (AvgIpc) is 3.41. The molecule has 0 aliphatic carbocycles. The molecule has 0 radical (unpaired) electrons. The number of imidazole rings is 1. The van der Waals surface area contributed by atoms with Crippen LogP contribution in [-0.4, -0.2) is 19.3 Å². The summed E-state index contributed by atoms with van der Waals surface area (Å²) in [5, 5.41) is 4.65. The number of hydrogen-bond acceptors (Lipinski definition) is 3. The zero-order valence-corrected chi connectivity index (χ0v) is 16.9. The number of aryl methyl sites for hydroxylation is 3. The Bertz CT molecular complexity index is 1060. The van der Waals surface area contributed by atoms with E-state index in [9.17, 15) is 0 Å². The van der Waals surface area contributed by atoms with Gasteiger partial charge in [0.15, 0.2) is 0 Å². The smallest absolute Gasteiger partial charge is 0.103 e. The molecular formula is C23H26N4O. The second-order valence-electron chi connectivity index (χ2n) is 7.35. The Hall–Kier alpha value is -3.08. The minimum atomic E-state index is 0.282. The summed E-state index contributed by atoms with van der Waals surface area (Å²) in [6, 6.07) is 14.6. The van der Waals surface area contributed by atoms with Crippen LogP contribution in [0, 0.1) is 13.8 Å². The van der Waals surface area contributed by atoms with Crippen LogP contribution < -0.4 is 0 Å². The molecule has 0 aliphatic rings. The van der Waals surface area contributed by atoms with Crippen molar-refractivity contribution in [1.29, 1.82) is 0 Å². The molecule has 0 N–H and O–H groups in total. The van der Waals surface area contributed by atoms with E-state index in [1.807, 2.05) is 36.3 Å². The molecule has 0 bridgehead atoms. The summed E-state index contributed by atoms with van der Waals surface area (Å²) >= 11 is 0. The van der Waals surface area contributed by atoms with Crippen LogP contribution in [0.1, 0.15) is 36.5 Å². The van der Waals surface area contributed by atoms with Crippen molar-refractivity contribution in [3.8, 4) is 22.5 Å². The number of nitrogens with zero attached hydrogens (tertiary/aromatic N) is 4. The number of rotatable bonds is 6. The quantitative estimate of drug-likeness (QED) is 0.457. The molecule has 0 spiro atoms. The summed E-state index contributed by atoms with van der Waals surface area (Å²) < 4.78 is 9.76. The molecular weight excluding hydrogens is 348 g/mol. The molecule has 28 heavy (non-hydrogen) atoms. The molecule has 4 rings (SSSR count). The van der Waals surface area contributed by atoms with E-state index in [1.165, 1.54) is 5.56 Å². The Morgan fingerprint density at radius 3 is 2.50 bits per heavy atom. The third-order valence-electron chi connectivity index (χ3n) is 5.45. The SMILES string of the molecule is Cc1nn(C)c(C)c1-c1c(-c2ccccc2)ncn1[C@H](C)CCc1ccco1. The predicted molar refractivity (Wildman–Crippen MR) is 111 cm³/mol. The Morgan fingerprint density at radius 2 is 1.86 bits per heavy atom. The van der Waals surface area contributed by atoms with E-state index in [0.29, 0.717) is 0 Å². The van der Waals surface area contributed by atoms with Crippen LogP contribution in [0.3, 0.4) is 0 Å². The molecule has 144 valence electrons. The van der Waals surface area contributed by atoms with Gasteiger partial charge in [-0.1, -0.05) is 30.3 Å². The van der Waals surface area contributed by atoms with E-state index in [4.69, 9.17) is 9.40 Å². The number of benzene rings is 1. The first-order chi connectivity index (χ1) is 13.6. The van der Waals surface area contributed by atoms with Gasteiger partial charge < -0.3 is 8.98 Å². The van der Waals surface area contributed by atoms with Gasteiger partial charge in [-0.25, -0.2) is 4.98 Å². The lowest BCUT2D eigenvalue weighted by Gasteiger charge is -2.18. The van der Waals surface area contributed by atoms with Crippen molar-refractivity contribution in [3.05, 3.63) is 72.2 Å². The molecule has 0 amide bonds. The monoisotopic (exact) mass is 374 g/mol. The second kappa shape index (κ2) is 7.50. The molecule has 0 aliphatic heterocycles. The molecule has 0 saturated heterocycles. The summed E-state index contributed by atoms with van der Waals surface area (Å²) in [5.41, 5.74) is 6.61. The predicted octanol–water partition coefficient (Wildman–Crippen LogP) is 5.35. The highest BCUT2D eigenvalue weighted by molar-refractivity contribution is 5.81.